The molecule has 0 bridgehead atoms. The third-order valence-corrected chi connectivity index (χ3v) is 1.50. The van der Waals surface area contributed by atoms with E-state index in [2.05, 4.69) is 15.0 Å². The molecule has 0 N–H and O–H groups in total. The van der Waals surface area contributed by atoms with Crippen molar-refractivity contribution >= 4 is 0 Å². The molecule has 0 aliphatic heterocycles. The maximum Gasteiger partial charge on any atom is 0.347 e. The second-order valence-corrected chi connectivity index (χ2v) is 2.40. The number of aryl methyl sites for hydroxylation is 1. The predicted molar refractivity (Wildman–Crippen MR) is 47.1 cm³/mol. The van der Waals surface area contributed by atoms with Crippen LogP contribution in [0.4, 0.5) is 0 Å². The highest BCUT2D eigenvalue weighted by Gasteiger charge is 1.92. The summed E-state index contributed by atoms with van der Waals surface area (Å²) in [7, 11) is 0. The Hall–Kier alpha value is -1.81. The van der Waals surface area contributed by atoms with Crippen molar-refractivity contribution in [2.24, 2.45) is 5.11 Å². The van der Waals surface area contributed by atoms with Crippen molar-refractivity contribution in [3.63, 3.8) is 0 Å². The van der Waals surface area contributed by atoms with Crippen molar-refractivity contribution in [2.75, 3.05) is 6.54 Å². The van der Waals surface area contributed by atoms with Crippen LogP contribution in [-0.2, 0) is 6.54 Å². The summed E-state index contributed by atoms with van der Waals surface area (Å²) in [5, 5.41) is 3.36. The van der Waals surface area contributed by atoms with Crippen molar-refractivity contribution in [1.29, 1.82) is 0 Å². The van der Waals surface area contributed by atoms with Gasteiger partial charge in [-0.1, -0.05) is 5.11 Å². The molecule has 6 nitrogen and oxygen atoms in total. The van der Waals surface area contributed by atoms with Gasteiger partial charge in [-0.2, -0.15) is 0 Å². The number of nitrogens with zero attached hydrogens (tertiary/aromatic N) is 5. The summed E-state index contributed by atoms with van der Waals surface area (Å²) >= 11 is 0. The van der Waals surface area contributed by atoms with E-state index in [-0.39, 0.29) is 5.69 Å². The van der Waals surface area contributed by atoms with Crippen LogP contribution in [0, 0.1) is 0 Å². The highest BCUT2D eigenvalue weighted by atomic mass is 16.1. The molecule has 1 aromatic rings. The molecular formula is C7H9N5O. The first-order valence-corrected chi connectivity index (χ1v) is 3.87. The SMILES string of the molecule is [N-]=[N+]=NCCCn1cccnc1=O. The van der Waals surface area contributed by atoms with E-state index in [1.165, 1.54) is 10.8 Å². The van der Waals surface area contributed by atoms with Gasteiger partial charge in [0.25, 0.3) is 0 Å². The summed E-state index contributed by atoms with van der Waals surface area (Å²) in [5.41, 5.74) is 7.72. The van der Waals surface area contributed by atoms with Gasteiger partial charge in [-0.15, -0.1) is 0 Å². The number of azide groups is 1. The molecular weight excluding hydrogens is 170 g/mol. The van der Waals surface area contributed by atoms with E-state index in [0.29, 0.717) is 19.5 Å². The second kappa shape index (κ2) is 4.95. The van der Waals surface area contributed by atoms with Crippen LogP contribution in [0.2, 0.25) is 0 Å². The zero-order valence-electron chi connectivity index (χ0n) is 7.00. The lowest BCUT2D eigenvalue weighted by molar-refractivity contribution is 0.613. The topological polar surface area (TPSA) is 83.7 Å². The molecule has 13 heavy (non-hydrogen) atoms. The van der Waals surface area contributed by atoms with Crippen LogP contribution < -0.4 is 5.69 Å². The first-order valence-electron chi connectivity index (χ1n) is 3.87. The Labute approximate surface area is 74.5 Å². The van der Waals surface area contributed by atoms with Gasteiger partial charge in [0.05, 0.1) is 0 Å². The first-order chi connectivity index (χ1) is 6.34. The standard InChI is InChI=1S/C7H9N5O/c8-11-10-4-2-6-12-5-1-3-9-7(12)13/h1,3,5H,2,4,6H2. The van der Waals surface area contributed by atoms with Crippen LogP contribution in [0.25, 0.3) is 10.4 Å². The molecule has 0 aliphatic rings. The van der Waals surface area contributed by atoms with Crippen LogP contribution in [-0.4, -0.2) is 16.1 Å². The van der Waals surface area contributed by atoms with E-state index in [1.54, 1.807) is 12.3 Å². The summed E-state index contributed by atoms with van der Waals surface area (Å²) in [6, 6.07) is 1.69. The fourth-order valence-corrected chi connectivity index (χ4v) is 0.914. The lowest BCUT2D eigenvalue weighted by Gasteiger charge is -2.00. The number of rotatable bonds is 4. The van der Waals surface area contributed by atoms with Gasteiger partial charge >= 0.3 is 5.69 Å². The van der Waals surface area contributed by atoms with Gasteiger partial charge in [0, 0.05) is 30.4 Å². The molecule has 0 atom stereocenters. The molecule has 1 heterocycles. The van der Waals surface area contributed by atoms with Crippen molar-refractivity contribution in [3.8, 4) is 0 Å². The van der Waals surface area contributed by atoms with Crippen molar-refractivity contribution in [1.82, 2.24) is 9.55 Å². The minimum absolute atomic E-state index is 0.275. The largest absolute Gasteiger partial charge is 0.347 e. The maximum absolute atomic E-state index is 11.0. The molecule has 0 fully saturated rings. The Bertz CT molecular complexity index is 365. The molecule has 0 unspecified atom stereocenters. The summed E-state index contributed by atoms with van der Waals surface area (Å²) < 4.78 is 1.48. The van der Waals surface area contributed by atoms with Gasteiger partial charge in [-0.3, -0.25) is 4.57 Å². The van der Waals surface area contributed by atoms with Crippen molar-refractivity contribution in [3.05, 3.63) is 39.4 Å². The fourth-order valence-electron chi connectivity index (χ4n) is 0.914. The molecule has 0 saturated carbocycles. The van der Waals surface area contributed by atoms with Crippen LogP contribution in [0.3, 0.4) is 0 Å². The highest BCUT2D eigenvalue weighted by Crippen LogP contribution is 1.87. The lowest BCUT2D eigenvalue weighted by atomic mass is 10.4. The number of aromatic nitrogens is 2. The quantitative estimate of drug-likeness (QED) is 0.298. The fraction of sp³-hybridized carbons (Fsp3) is 0.429. The molecule has 0 amide bonds. The summed E-state index contributed by atoms with van der Waals surface area (Å²) in [6.45, 7) is 0.934. The average molecular weight is 179 g/mol. The number of hydrogen-bond acceptors (Lipinski definition) is 3. The van der Waals surface area contributed by atoms with E-state index >= 15 is 0 Å². The monoisotopic (exact) mass is 179 g/mol. The molecule has 6 heteroatoms. The van der Waals surface area contributed by atoms with Gasteiger partial charge < -0.3 is 0 Å². The minimum Gasteiger partial charge on any atom is -0.299 e. The van der Waals surface area contributed by atoms with E-state index in [4.69, 9.17) is 5.53 Å². The normalized spacial score (nSPS) is 9.23. The van der Waals surface area contributed by atoms with E-state index < -0.39 is 0 Å². The second-order valence-electron chi connectivity index (χ2n) is 2.40. The van der Waals surface area contributed by atoms with Crippen LogP contribution in [0.5, 0.6) is 0 Å². The Balaban J connectivity index is 2.50. The van der Waals surface area contributed by atoms with E-state index in [1.807, 2.05) is 0 Å². The van der Waals surface area contributed by atoms with Gasteiger partial charge in [0.15, 0.2) is 0 Å². The highest BCUT2D eigenvalue weighted by molar-refractivity contribution is 4.80. The molecule has 0 aliphatic carbocycles. The third-order valence-electron chi connectivity index (χ3n) is 1.50. The van der Waals surface area contributed by atoms with Crippen LogP contribution in [0.15, 0.2) is 28.4 Å². The predicted octanol–water partition coefficient (Wildman–Crippen LogP) is 0.944. The molecule has 0 spiro atoms. The summed E-state index contributed by atoms with van der Waals surface area (Å²) in [4.78, 5) is 17.2. The van der Waals surface area contributed by atoms with Gasteiger partial charge in [-0.05, 0) is 18.0 Å². The van der Waals surface area contributed by atoms with Gasteiger partial charge in [-0.25, -0.2) is 9.78 Å². The Morgan fingerprint density at radius 1 is 1.69 bits per heavy atom. The summed E-state index contributed by atoms with van der Waals surface area (Å²) in [6.07, 6.45) is 3.76. The molecule has 1 rings (SSSR count). The van der Waals surface area contributed by atoms with Crippen molar-refractivity contribution in [2.45, 2.75) is 13.0 Å². The van der Waals surface area contributed by atoms with Gasteiger partial charge in [0.2, 0.25) is 0 Å². The number of hydrogen-bond donors (Lipinski definition) is 0. The van der Waals surface area contributed by atoms with Crippen LogP contribution >= 0.6 is 0 Å². The minimum atomic E-state index is -0.275. The first kappa shape index (κ1) is 9.28. The van der Waals surface area contributed by atoms with Crippen molar-refractivity contribution < 1.29 is 0 Å². The Kier molecular flexibility index (Phi) is 3.53. The van der Waals surface area contributed by atoms with E-state index in [9.17, 15) is 4.79 Å². The lowest BCUT2D eigenvalue weighted by Crippen LogP contribution is -2.21. The molecule has 0 saturated heterocycles. The molecule has 0 aromatic carbocycles. The molecule has 68 valence electrons. The zero-order valence-corrected chi connectivity index (χ0v) is 7.00. The molecule has 0 radical (unpaired) electrons. The summed E-state index contributed by atoms with van der Waals surface area (Å²) in [5.74, 6) is 0. The Morgan fingerprint density at radius 2 is 2.54 bits per heavy atom. The smallest absolute Gasteiger partial charge is 0.299 e. The Morgan fingerprint density at radius 3 is 3.23 bits per heavy atom. The van der Waals surface area contributed by atoms with E-state index in [0.717, 1.165) is 0 Å². The zero-order chi connectivity index (χ0) is 9.52. The maximum atomic E-state index is 11.0. The van der Waals surface area contributed by atoms with Crippen LogP contribution in [0.1, 0.15) is 6.42 Å². The van der Waals surface area contributed by atoms with Gasteiger partial charge in [0.1, 0.15) is 0 Å². The molecule has 1 aromatic heterocycles. The third kappa shape index (κ3) is 2.96. The average Bonchev–Trinajstić information content (AvgIpc) is 2.15.